The summed E-state index contributed by atoms with van der Waals surface area (Å²) in [5, 5.41) is 0. The van der Waals surface area contributed by atoms with Crippen molar-refractivity contribution in [3.63, 3.8) is 0 Å². The average Bonchev–Trinajstić information content (AvgIpc) is 2.52. The van der Waals surface area contributed by atoms with E-state index in [9.17, 15) is 9.59 Å². The van der Waals surface area contributed by atoms with Gasteiger partial charge in [-0.15, -0.1) is 0 Å². The van der Waals surface area contributed by atoms with Crippen LogP contribution in [-0.2, 0) is 4.43 Å². The maximum Gasteiger partial charge on any atom is 0.193 e. The summed E-state index contributed by atoms with van der Waals surface area (Å²) in [4.78, 5) is 25.1. The Morgan fingerprint density at radius 3 is 1.75 bits per heavy atom. The minimum atomic E-state index is -1.84. The third kappa shape index (κ3) is 4.49. The van der Waals surface area contributed by atoms with E-state index in [1.54, 1.807) is 50.2 Å². The molecule has 0 saturated carbocycles. The van der Waals surface area contributed by atoms with Crippen molar-refractivity contribution < 1.29 is 14.0 Å². The largest absolute Gasteiger partial charge is 0.405 e. The molecule has 0 aliphatic heterocycles. The van der Waals surface area contributed by atoms with Crippen LogP contribution in [0.2, 0.25) is 19.6 Å². The normalized spacial score (nSPS) is 12.0. The molecule has 0 saturated heterocycles. The molecule has 0 amide bonds. The smallest absolute Gasteiger partial charge is 0.193 e. The Balaban J connectivity index is 2.20. The highest BCUT2D eigenvalue weighted by Crippen LogP contribution is 2.23. The van der Waals surface area contributed by atoms with E-state index in [2.05, 4.69) is 19.6 Å². The van der Waals surface area contributed by atoms with Gasteiger partial charge in [0.1, 0.15) is 5.60 Å². The first-order chi connectivity index (χ1) is 11.1. The van der Waals surface area contributed by atoms with Crippen LogP contribution in [0.25, 0.3) is 0 Å². The molecule has 2 aromatic carbocycles. The van der Waals surface area contributed by atoms with Crippen LogP contribution in [-0.4, -0.2) is 25.5 Å². The summed E-state index contributed by atoms with van der Waals surface area (Å²) < 4.78 is 6.01. The molecule has 0 spiro atoms. The maximum atomic E-state index is 12.7. The molecule has 3 nitrogen and oxygen atoms in total. The third-order valence-corrected chi connectivity index (χ3v) is 4.68. The average molecular weight is 340 g/mol. The summed E-state index contributed by atoms with van der Waals surface area (Å²) in [6.45, 7) is 9.78. The van der Waals surface area contributed by atoms with Crippen molar-refractivity contribution in [3.8, 4) is 0 Å². The SMILES string of the molecule is CC(C)(O[Si](C)(C)C)C(=O)c1ccc(C(=O)c2ccccc2)cc1. The fourth-order valence-corrected chi connectivity index (χ4v) is 4.31. The van der Waals surface area contributed by atoms with Gasteiger partial charge in [0.05, 0.1) is 0 Å². The van der Waals surface area contributed by atoms with Gasteiger partial charge in [0, 0.05) is 16.7 Å². The summed E-state index contributed by atoms with van der Waals surface area (Å²) in [7, 11) is -1.84. The number of rotatable bonds is 6. The Kier molecular flexibility index (Phi) is 5.21. The van der Waals surface area contributed by atoms with Crippen molar-refractivity contribution in [3.05, 3.63) is 71.3 Å². The van der Waals surface area contributed by atoms with Crippen molar-refractivity contribution >= 4 is 19.9 Å². The van der Waals surface area contributed by atoms with E-state index in [0.29, 0.717) is 16.7 Å². The number of carbonyl (C=O) groups excluding carboxylic acids is 2. The second kappa shape index (κ2) is 6.83. The first kappa shape index (κ1) is 18.3. The Morgan fingerprint density at radius 2 is 1.25 bits per heavy atom. The van der Waals surface area contributed by atoms with Gasteiger partial charge in [-0.3, -0.25) is 9.59 Å². The highest BCUT2D eigenvalue weighted by Gasteiger charge is 2.34. The molecule has 0 heterocycles. The lowest BCUT2D eigenvalue weighted by Gasteiger charge is -2.31. The van der Waals surface area contributed by atoms with E-state index in [4.69, 9.17) is 4.43 Å². The molecule has 0 bridgehead atoms. The molecule has 126 valence electrons. The molecule has 0 unspecified atom stereocenters. The van der Waals surface area contributed by atoms with Crippen LogP contribution in [0.3, 0.4) is 0 Å². The summed E-state index contributed by atoms with van der Waals surface area (Å²) in [6.07, 6.45) is 0. The monoisotopic (exact) mass is 340 g/mol. The van der Waals surface area contributed by atoms with Crippen molar-refractivity contribution in [1.29, 1.82) is 0 Å². The Bertz CT molecular complexity index is 726. The molecule has 2 rings (SSSR count). The van der Waals surface area contributed by atoms with Gasteiger partial charge in [-0.25, -0.2) is 0 Å². The van der Waals surface area contributed by atoms with E-state index in [1.807, 2.05) is 18.2 Å². The van der Waals surface area contributed by atoms with Gasteiger partial charge in [-0.2, -0.15) is 0 Å². The molecule has 24 heavy (non-hydrogen) atoms. The highest BCUT2D eigenvalue weighted by atomic mass is 28.4. The standard InChI is InChI=1S/C20H24O3Si/c1-20(2,23-24(3,4)5)19(22)17-13-11-16(12-14-17)18(21)15-9-7-6-8-10-15/h6-14H,1-5H3. The fraction of sp³-hybridized carbons (Fsp3) is 0.300. The molecule has 0 atom stereocenters. The van der Waals surface area contributed by atoms with Crippen molar-refractivity contribution in [2.45, 2.75) is 39.1 Å². The molecule has 0 aromatic heterocycles. The number of hydrogen-bond acceptors (Lipinski definition) is 3. The fourth-order valence-electron chi connectivity index (χ4n) is 2.69. The van der Waals surface area contributed by atoms with E-state index in [-0.39, 0.29) is 11.6 Å². The van der Waals surface area contributed by atoms with Gasteiger partial charge in [0.15, 0.2) is 19.9 Å². The maximum absolute atomic E-state index is 12.7. The lowest BCUT2D eigenvalue weighted by molar-refractivity contribution is 0.0558. The van der Waals surface area contributed by atoms with Crippen LogP contribution in [0, 0.1) is 0 Å². The van der Waals surface area contributed by atoms with Gasteiger partial charge in [0.25, 0.3) is 0 Å². The summed E-state index contributed by atoms with van der Waals surface area (Å²) in [6, 6.07) is 15.9. The van der Waals surface area contributed by atoms with Crippen LogP contribution >= 0.6 is 0 Å². The number of benzene rings is 2. The molecule has 0 N–H and O–H groups in total. The summed E-state index contributed by atoms with van der Waals surface area (Å²) in [5.41, 5.74) is 0.901. The van der Waals surface area contributed by atoms with Crippen LogP contribution in [0.15, 0.2) is 54.6 Å². The highest BCUT2D eigenvalue weighted by molar-refractivity contribution is 6.70. The minimum Gasteiger partial charge on any atom is -0.405 e. The molecule has 0 aliphatic rings. The molecule has 0 fully saturated rings. The van der Waals surface area contributed by atoms with Crippen LogP contribution in [0.4, 0.5) is 0 Å². The second-order valence-electron chi connectivity index (χ2n) is 7.33. The van der Waals surface area contributed by atoms with Gasteiger partial charge in [-0.1, -0.05) is 54.6 Å². The van der Waals surface area contributed by atoms with E-state index >= 15 is 0 Å². The van der Waals surface area contributed by atoms with Gasteiger partial charge in [0.2, 0.25) is 0 Å². The zero-order valence-corrected chi connectivity index (χ0v) is 15.9. The van der Waals surface area contributed by atoms with E-state index in [1.165, 1.54) is 0 Å². The van der Waals surface area contributed by atoms with E-state index in [0.717, 1.165) is 0 Å². The summed E-state index contributed by atoms with van der Waals surface area (Å²) in [5.74, 6) is -0.115. The lowest BCUT2D eigenvalue weighted by Crippen LogP contribution is -2.44. The molecule has 0 aliphatic carbocycles. The zero-order valence-electron chi connectivity index (χ0n) is 14.9. The van der Waals surface area contributed by atoms with Crippen molar-refractivity contribution in [2.24, 2.45) is 0 Å². The van der Waals surface area contributed by atoms with Crippen molar-refractivity contribution in [1.82, 2.24) is 0 Å². The van der Waals surface area contributed by atoms with Crippen molar-refractivity contribution in [2.75, 3.05) is 0 Å². The second-order valence-corrected chi connectivity index (χ2v) is 11.8. The first-order valence-electron chi connectivity index (χ1n) is 8.05. The third-order valence-electron chi connectivity index (χ3n) is 3.55. The number of ketones is 2. The molecule has 0 radical (unpaired) electrons. The first-order valence-corrected chi connectivity index (χ1v) is 11.5. The van der Waals surface area contributed by atoms with E-state index < -0.39 is 13.9 Å². The van der Waals surface area contributed by atoms with Gasteiger partial charge < -0.3 is 4.43 Å². The van der Waals surface area contributed by atoms with Gasteiger partial charge >= 0.3 is 0 Å². The molecule has 2 aromatic rings. The van der Waals surface area contributed by atoms with Crippen LogP contribution in [0.5, 0.6) is 0 Å². The number of carbonyl (C=O) groups is 2. The van der Waals surface area contributed by atoms with Gasteiger partial charge in [-0.05, 0) is 33.5 Å². The number of hydrogen-bond donors (Lipinski definition) is 0. The molecular weight excluding hydrogens is 316 g/mol. The minimum absolute atomic E-state index is 0.0489. The van der Waals surface area contributed by atoms with Crippen LogP contribution < -0.4 is 0 Å². The summed E-state index contributed by atoms with van der Waals surface area (Å²) >= 11 is 0. The zero-order chi connectivity index (χ0) is 18.0. The van der Waals surface area contributed by atoms with Crippen LogP contribution in [0.1, 0.15) is 40.1 Å². The molecular formula is C20H24O3Si. The Labute approximate surface area is 144 Å². The Hall–Kier alpha value is -2.04. The predicted octanol–water partition coefficient (Wildman–Crippen LogP) is 4.73. The Morgan fingerprint density at radius 1 is 0.792 bits per heavy atom. The number of Topliss-reactive ketones (excluding diaryl/α,β-unsaturated/α-hetero) is 1. The molecule has 4 heteroatoms. The quantitative estimate of drug-likeness (QED) is 0.564. The topological polar surface area (TPSA) is 43.4 Å². The predicted molar refractivity (Wildman–Crippen MR) is 99.2 cm³/mol. The lowest BCUT2D eigenvalue weighted by atomic mass is 9.95.